The standard InChI is InChI=1S/C9H15N5/c1-2-3-13-4-7-8(5-13)9(7)14-6-10-11-12-14/h6-9H,2-5H2,1H3/t7-,8+,9+. The van der Waals surface area contributed by atoms with Gasteiger partial charge in [-0.05, 0) is 23.4 Å². The van der Waals surface area contributed by atoms with Crippen molar-refractivity contribution in [2.75, 3.05) is 19.6 Å². The Morgan fingerprint density at radius 1 is 1.36 bits per heavy atom. The van der Waals surface area contributed by atoms with Crippen LogP contribution in [0.2, 0.25) is 0 Å². The number of piperidine rings is 1. The van der Waals surface area contributed by atoms with E-state index in [4.69, 9.17) is 0 Å². The van der Waals surface area contributed by atoms with Crippen LogP contribution in [0, 0.1) is 11.8 Å². The maximum Gasteiger partial charge on any atom is 0.138 e. The van der Waals surface area contributed by atoms with Crippen molar-refractivity contribution >= 4 is 0 Å². The Morgan fingerprint density at radius 3 is 2.71 bits per heavy atom. The molecule has 2 aliphatic rings. The average molecular weight is 193 g/mol. The van der Waals surface area contributed by atoms with Crippen molar-refractivity contribution in [3.8, 4) is 0 Å². The van der Waals surface area contributed by atoms with Crippen molar-refractivity contribution in [1.82, 2.24) is 25.1 Å². The lowest BCUT2D eigenvalue weighted by Gasteiger charge is -2.17. The lowest BCUT2D eigenvalue weighted by atomic mass is 10.3. The third kappa shape index (κ3) is 1.15. The quantitative estimate of drug-likeness (QED) is 0.687. The molecule has 1 aromatic rings. The first-order valence-corrected chi connectivity index (χ1v) is 5.35. The summed E-state index contributed by atoms with van der Waals surface area (Å²) in [5.74, 6) is 1.62. The van der Waals surface area contributed by atoms with Crippen molar-refractivity contribution in [3.63, 3.8) is 0 Å². The summed E-state index contributed by atoms with van der Waals surface area (Å²) in [6.45, 7) is 5.96. The van der Waals surface area contributed by atoms with Crippen LogP contribution in [0.4, 0.5) is 0 Å². The summed E-state index contributed by atoms with van der Waals surface area (Å²) in [5.41, 5.74) is 0. The van der Waals surface area contributed by atoms with Gasteiger partial charge in [0.1, 0.15) is 6.33 Å². The monoisotopic (exact) mass is 193 g/mol. The maximum absolute atomic E-state index is 3.97. The lowest BCUT2D eigenvalue weighted by Crippen LogP contribution is -2.26. The minimum absolute atomic E-state index is 0.595. The molecule has 0 radical (unpaired) electrons. The molecule has 3 rings (SSSR count). The van der Waals surface area contributed by atoms with Gasteiger partial charge in [-0.25, -0.2) is 4.68 Å². The fourth-order valence-electron chi connectivity index (χ4n) is 2.78. The zero-order valence-electron chi connectivity index (χ0n) is 8.37. The number of nitrogens with zero attached hydrogens (tertiary/aromatic N) is 5. The molecule has 1 saturated heterocycles. The van der Waals surface area contributed by atoms with Crippen LogP contribution in [0.25, 0.3) is 0 Å². The molecule has 0 bridgehead atoms. The highest BCUT2D eigenvalue weighted by atomic mass is 15.5. The minimum atomic E-state index is 0.595. The fourth-order valence-corrected chi connectivity index (χ4v) is 2.78. The van der Waals surface area contributed by atoms with Gasteiger partial charge < -0.3 is 4.90 Å². The van der Waals surface area contributed by atoms with Crippen LogP contribution in [0.1, 0.15) is 19.4 Å². The Labute approximate surface area is 83.1 Å². The molecule has 0 aromatic carbocycles. The van der Waals surface area contributed by atoms with Gasteiger partial charge in [-0.1, -0.05) is 6.92 Å². The molecule has 1 saturated carbocycles. The molecule has 5 nitrogen and oxygen atoms in total. The number of aromatic nitrogens is 4. The van der Waals surface area contributed by atoms with Gasteiger partial charge in [-0.3, -0.25) is 0 Å². The molecule has 1 aliphatic carbocycles. The van der Waals surface area contributed by atoms with Gasteiger partial charge in [0.2, 0.25) is 0 Å². The van der Waals surface area contributed by atoms with Gasteiger partial charge in [0, 0.05) is 24.9 Å². The molecule has 14 heavy (non-hydrogen) atoms. The molecule has 1 aliphatic heterocycles. The molecule has 2 fully saturated rings. The number of fused-ring (bicyclic) bond motifs is 1. The SMILES string of the molecule is CCCN1C[C@@H]2[C@H](C1)[C@H]2n1cnnn1. The van der Waals surface area contributed by atoms with E-state index in [2.05, 4.69) is 27.3 Å². The highest BCUT2D eigenvalue weighted by Gasteiger charge is 2.57. The molecular formula is C9H15N5. The number of hydrogen-bond acceptors (Lipinski definition) is 4. The van der Waals surface area contributed by atoms with E-state index in [0.717, 1.165) is 11.8 Å². The summed E-state index contributed by atoms with van der Waals surface area (Å²) < 4.78 is 1.93. The van der Waals surface area contributed by atoms with E-state index in [1.165, 1.54) is 26.1 Å². The Hall–Kier alpha value is -0.970. The number of hydrogen-bond donors (Lipinski definition) is 0. The van der Waals surface area contributed by atoms with Gasteiger partial charge in [0.15, 0.2) is 0 Å². The number of likely N-dealkylation sites (tertiary alicyclic amines) is 1. The highest BCUT2D eigenvalue weighted by Crippen LogP contribution is 2.54. The van der Waals surface area contributed by atoms with Crippen LogP contribution in [-0.2, 0) is 0 Å². The van der Waals surface area contributed by atoms with Crippen LogP contribution in [0.3, 0.4) is 0 Å². The normalized spacial score (nSPS) is 35.9. The van der Waals surface area contributed by atoms with Gasteiger partial charge in [0.05, 0.1) is 6.04 Å². The predicted octanol–water partition coefficient (Wildman–Crippen LogP) is 0.186. The van der Waals surface area contributed by atoms with Crippen LogP contribution in [0.5, 0.6) is 0 Å². The molecule has 1 aromatic heterocycles. The van der Waals surface area contributed by atoms with Crippen molar-refractivity contribution in [3.05, 3.63) is 6.33 Å². The molecule has 76 valence electrons. The summed E-state index contributed by atoms with van der Waals surface area (Å²) in [4.78, 5) is 2.55. The number of rotatable bonds is 3. The lowest BCUT2D eigenvalue weighted by molar-refractivity contribution is 0.280. The fraction of sp³-hybridized carbons (Fsp3) is 0.889. The molecule has 0 amide bonds. The van der Waals surface area contributed by atoms with E-state index in [0.29, 0.717) is 6.04 Å². The molecular weight excluding hydrogens is 178 g/mol. The highest BCUT2D eigenvalue weighted by molar-refractivity contribution is 5.07. The van der Waals surface area contributed by atoms with Gasteiger partial charge in [-0.2, -0.15) is 0 Å². The third-order valence-electron chi connectivity index (χ3n) is 3.43. The topological polar surface area (TPSA) is 46.8 Å². The van der Waals surface area contributed by atoms with Crippen molar-refractivity contribution in [2.45, 2.75) is 19.4 Å². The first kappa shape index (κ1) is 8.35. The smallest absolute Gasteiger partial charge is 0.138 e. The Bertz CT molecular complexity index is 297. The van der Waals surface area contributed by atoms with E-state index in [-0.39, 0.29) is 0 Å². The zero-order chi connectivity index (χ0) is 9.54. The molecule has 5 heteroatoms. The second kappa shape index (κ2) is 3.02. The molecule has 3 atom stereocenters. The van der Waals surface area contributed by atoms with Crippen molar-refractivity contribution < 1.29 is 0 Å². The molecule has 2 heterocycles. The van der Waals surface area contributed by atoms with E-state index >= 15 is 0 Å². The Balaban J connectivity index is 1.61. The second-order valence-corrected chi connectivity index (χ2v) is 4.37. The van der Waals surface area contributed by atoms with E-state index in [1.54, 1.807) is 6.33 Å². The zero-order valence-corrected chi connectivity index (χ0v) is 8.37. The minimum Gasteiger partial charge on any atom is -0.303 e. The van der Waals surface area contributed by atoms with Gasteiger partial charge in [-0.15, -0.1) is 5.10 Å². The predicted molar refractivity (Wildman–Crippen MR) is 50.6 cm³/mol. The summed E-state index contributed by atoms with van der Waals surface area (Å²) in [7, 11) is 0. The third-order valence-corrected chi connectivity index (χ3v) is 3.43. The largest absolute Gasteiger partial charge is 0.303 e. The van der Waals surface area contributed by atoms with E-state index in [1.807, 2.05) is 4.68 Å². The maximum atomic E-state index is 3.97. The van der Waals surface area contributed by atoms with Crippen LogP contribution >= 0.6 is 0 Å². The van der Waals surface area contributed by atoms with Crippen molar-refractivity contribution in [1.29, 1.82) is 0 Å². The summed E-state index contributed by atoms with van der Waals surface area (Å²) in [5, 5.41) is 11.3. The first-order valence-electron chi connectivity index (χ1n) is 5.35. The van der Waals surface area contributed by atoms with Crippen LogP contribution in [0.15, 0.2) is 6.33 Å². The molecule has 0 unspecified atom stereocenters. The van der Waals surface area contributed by atoms with E-state index in [9.17, 15) is 0 Å². The van der Waals surface area contributed by atoms with Gasteiger partial charge in [0.25, 0.3) is 0 Å². The molecule has 0 spiro atoms. The van der Waals surface area contributed by atoms with Crippen molar-refractivity contribution in [2.24, 2.45) is 11.8 Å². The summed E-state index contributed by atoms with van der Waals surface area (Å²) >= 11 is 0. The molecule has 0 N–H and O–H groups in total. The van der Waals surface area contributed by atoms with Crippen LogP contribution < -0.4 is 0 Å². The summed E-state index contributed by atoms with van der Waals surface area (Å²) in [6, 6.07) is 0.595. The summed E-state index contributed by atoms with van der Waals surface area (Å²) in [6.07, 6.45) is 3.00. The Morgan fingerprint density at radius 2 is 2.14 bits per heavy atom. The van der Waals surface area contributed by atoms with Gasteiger partial charge >= 0.3 is 0 Å². The van der Waals surface area contributed by atoms with Crippen LogP contribution in [-0.4, -0.2) is 44.7 Å². The average Bonchev–Trinajstić information content (AvgIpc) is 2.63. The van der Waals surface area contributed by atoms with E-state index < -0.39 is 0 Å². The Kier molecular flexibility index (Phi) is 1.80. The number of tetrazole rings is 1. The first-order chi connectivity index (χ1) is 6.90. The second-order valence-electron chi connectivity index (χ2n) is 4.37.